The van der Waals surface area contributed by atoms with Gasteiger partial charge in [-0.15, -0.1) is 0 Å². The lowest BCUT2D eigenvalue weighted by Crippen LogP contribution is -2.08. The molecule has 0 unspecified atom stereocenters. The van der Waals surface area contributed by atoms with Crippen molar-refractivity contribution < 1.29 is 8.78 Å². The molecule has 3 atom stereocenters. The molecule has 5 heteroatoms. The van der Waals surface area contributed by atoms with Gasteiger partial charge in [0.15, 0.2) is 24.0 Å². The Morgan fingerprint density at radius 1 is 1.33 bits per heavy atom. The Morgan fingerprint density at radius 2 is 2.06 bits per heavy atom. The summed E-state index contributed by atoms with van der Waals surface area (Å²) >= 11 is 0. The predicted octanol–water partition coefficient (Wildman–Crippen LogP) is 3.31. The average molecular weight is 249 g/mol. The number of alkyl halides is 2. The maximum Gasteiger partial charge on any atom is 0.184 e. The molecule has 3 rings (SSSR count). The van der Waals surface area contributed by atoms with Crippen LogP contribution in [-0.2, 0) is 0 Å². The minimum atomic E-state index is -1.27. The van der Waals surface area contributed by atoms with Crippen LogP contribution in [0.25, 0.3) is 0 Å². The molecule has 0 N–H and O–H groups in total. The van der Waals surface area contributed by atoms with Crippen LogP contribution in [0.3, 0.4) is 0 Å². The second-order valence-electron chi connectivity index (χ2n) is 4.52. The molecule has 1 aliphatic heterocycles. The zero-order valence-electron chi connectivity index (χ0n) is 9.92. The molecular formula is C13H13F2N3. The van der Waals surface area contributed by atoms with E-state index in [4.69, 9.17) is 0 Å². The molecule has 2 heterocycles. The number of halogens is 2. The van der Waals surface area contributed by atoms with E-state index in [1.165, 1.54) is 11.6 Å². The molecule has 18 heavy (non-hydrogen) atoms. The van der Waals surface area contributed by atoms with Crippen molar-refractivity contribution in [3.8, 4) is 0 Å². The van der Waals surface area contributed by atoms with E-state index in [0.29, 0.717) is 6.42 Å². The third-order valence-corrected chi connectivity index (χ3v) is 3.22. The van der Waals surface area contributed by atoms with Crippen LogP contribution in [0.1, 0.15) is 48.9 Å². The van der Waals surface area contributed by atoms with Gasteiger partial charge < -0.3 is 0 Å². The number of hydrogen-bond donors (Lipinski definition) is 0. The molecule has 0 amide bonds. The Hall–Kier alpha value is -1.78. The summed E-state index contributed by atoms with van der Waals surface area (Å²) in [5.41, 5.74) is 0.974. The lowest BCUT2D eigenvalue weighted by molar-refractivity contribution is 0.319. The van der Waals surface area contributed by atoms with Gasteiger partial charge in [0.05, 0.1) is 6.04 Å². The molecule has 0 saturated heterocycles. The van der Waals surface area contributed by atoms with Crippen molar-refractivity contribution in [1.29, 1.82) is 0 Å². The molecule has 94 valence electrons. The van der Waals surface area contributed by atoms with Gasteiger partial charge in [0.2, 0.25) is 0 Å². The molecule has 0 saturated carbocycles. The summed E-state index contributed by atoms with van der Waals surface area (Å²) in [7, 11) is 0. The molecule has 0 bridgehead atoms. The smallest absolute Gasteiger partial charge is 0.184 e. The van der Waals surface area contributed by atoms with Gasteiger partial charge in [-0.2, -0.15) is 5.10 Å². The Bertz CT molecular complexity index is 551. The zero-order chi connectivity index (χ0) is 12.7. The van der Waals surface area contributed by atoms with Gasteiger partial charge >= 0.3 is 0 Å². The van der Waals surface area contributed by atoms with Crippen LogP contribution in [0, 0.1) is 0 Å². The van der Waals surface area contributed by atoms with Gasteiger partial charge in [-0.3, -0.25) is 0 Å². The van der Waals surface area contributed by atoms with Gasteiger partial charge in [-0.05, 0) is 12.5 Å². The van der Waals surface area contributed by atoms with E-state index >= 15 is 0 Å². The summed E-state index contributed by atoms with van der Waals surface area (Å²) in [6, 6.07) is 9.37. The van der Waals surface area contributed by atoms with Crippen molar-refractivity contribution in [2.75, 3.05) is 0 Å². The fourth-order valence-electron chi connectivity index (χ4n) is 2.32. The van der Waals surface area contributed by atoms with Gasteiger partial charge in [0.1, 0.15) is 0 Å². The maximum atomic E-state index is 13.9. The highest BCUT2D eigenvalue weighted by atomic mass is 19.1. The van der Waals surface area contributed by atoms with Crippen LogP contribution < -0.4 is 0 Å². The lowest BCUT2D eigenvalue weighted by atomic mass is 10.0. The third-order valence-electron chi connectivity index (χ3n) is 3.22. The fourth-order valence-corrected chi connectivity index (χ4v) is 2.32. The average Bonchev–Trinajstić information content (AvgIpc) is 2.92. The van der Waals surface area contributed by atoms with Gasteiger partial charge in [-0.25, -0.2) is 18.4 Å². The summed E-state index contributed by atoms with van der Waals surface area (Å²) in [6.45, 7) is 1.36. The fraction of sp³-hybridized carbons (Fsp3) is 0.385. The van der Waals surface area contributed by atoms with Gasteiger partial charge in [-0.1, -0.05) is 30.3 Å². The highest BCUT2D eigenvalue weighted by Gasteiger charge is 2.35. The monoisotopic (exact) mass is 249 g/mol. The van der Waals surface area contributed by atoms with Crippen LogP contribution >= 0.6 is 0 Å². The molecule has 0 radical (unpaired) electrons. The number of rotatable bonds is 2. The topological polar surface area (TPSA) is 30.7 Å². The first-order valence-corrected chi connectivity index (χ1v) is 5.96. The Labute approximate surface area is 103 Å². The van der Waals surface area contributed by atoms with E-state index in [1.807, 2.05) is 30.3 Å². The quantitative estimate of drug-likeness (QED) is 0.817. The Morgan fingerprint density at radius 3 is 2.72 bits per heavy atom. The minimum absolute atomic E-state index is 0.0632. The summed E-state index contributed by atoms with van der Waals surface area (Å²) < 4.78 is 28.6. The van der Waals surface area contributed by atoms with Crippen LogP contribution in [0.2, 0.25) is 0 Å². The van der Waals surface area contributed by atoms with Crippen molar-refractivity contribution in [3.05, 3.63) is 47.5 Å². The first-order chi connectivity index (χ1) is 8.66. The van der Waals surface area contributed by atoms with Crippen LogP contribution in [0.4, 0.5) is 8.78 Å². The van der Waals surface area contributed by atoms with E-state index < -0.39 is 12.3 Å². The van der Waals surface area contributed by atoms with E-state index in [9.17, 15) is 8.78 Å². The van der Waals surface area contributed by atoms with Crippen molar-refractivity contribution in [1.82, 2.24) is 14.8 Å². The van der Waals surface area contributed by atoms with E-state index in [2.05, 4.69) is 10.1 Å². The van der Waals surface area contributed by atoms with Gasteiger partial charge in [0.25, 0.3) is 0 Å². The highest BCUT2D eigenvalue weighted by molar-refractivity contribution is 5.23. The molecule has 3 nitrogen and oxygen atoms in total. The SMILES string of the molecule is C[C@H](F)c1nc2n(n1)[C@H](c1ccccc1)C[C@@H]2F. The second kappa shape index (κ2) is 4.15. The number of benzene rings is 1. The van der Waals surface area contributed by atoms with Crippen molar-refractivity contribution >= 4 is 0 Å². The molecule has 0 aliphatic carbocycles. The number of fused-ring (bicyclic) bond motifs is 1. The Balaban J connectivity index is 2.03. The molecule has 1 aromatic heterocycles. The third kappa shape index (κ3) is 1.70. The minimum Gasteiger partial charge on any atom is -0.239 e. The summed E-state index contributed by atoms with van der Waals surface area (Å²) in [5.74, 6) is 0.302. The van der Waals surface area contributed by atoms with E-state index in [-0.39, 0.29) is 17.7 Å². The lowest BCUT2D eigenvalue weighted by Gasteiger charge is -2.11. The van der Waals surface area contributed by atoms with Crippen LogP contribution in [-0.4, -0.2) is 14.8 Å². The molecule has 0 fully saturated rings. The maximum absolute atomic E-state index is 13.9. The summed E-state index contributed by atoms with van der Waals surface area (Å²) in [6.07, 6.45) is -2.12. The van der Waals surface area contributed by atoms with E-state index in [1.54, 1.807) is 0 Å². The number of nitrogens with zero attached hydrogens (tertiary/aromatic N) is 3. The molecule has 0 spiro atoms. The standard InChI is InChI=1S/C13H13F2N3/c1-8(14)12-16-13-10(15)7-11(18(13)17-12)9-5-3-2-4-6-9/h2-6,8,10-11H,7H2,1H3/t8-,10-,11-/m0/s1. The second-order valence-corrected chi connectivity index (χ2v) is 4.52. The van der Waals surface area contributed by atoms with Crippen molar-refractivity contribution in [2.45, 2.75) is 31.7 Å². The predicted molar refractivity (Wildman–Crippen MR) is 62.6 cm³/mol. The first-order valence-electron chi connectivity index (χ1n) is 5.96. The number of hydrogen-bond acceptors (Lipinski definition) is 2. The molecule has 2 aromatic rings. The summed E-state index contributed by atoms with van der Waals surface area (Å²) in [5, 5.41) is 4.09. The van der Waals surface area contributed by atoms with Crippen LogP contribution in [0.5, 0.6) is 0 Å². The van der Waals surface area contributed by atoms with Gasteiger partial charge in [0, 0.05) is 6.42 Å². The molecular weight excluding hydrogens is 236 g/mol. The molecule has 1 aromatic carbocycles. The summed E-state index contributed by atoms with van der Waals surface area (Å²) in [4.78, 5) is 3.95. The highest BCUT2D eigenvalue weighted by Crippen LogP contribution is 2.39. The van der Waals surface area contributed by atoms with Crippen LogP contribution in [0.15, 0.2) is 30.3 Å². The normalized spacial score (nSPS) is 23.9. The van der Waals surface area contributed by atoms with E-state index in [0.717, 1.165) is 5.56 Å². The zero-order valence-corrected chi connectivity index (χ0v) is 9.92. The number of aromatic nitrogens is 3. The largest absolute Gasteiger partial charge is 0.239 e. The van der Waals surface area contributed by atoms with Crippen molar-refractivity contribution in [3.63, 3.8) is 0 Å². The Kier molecular flexibility index (Phi) is 2.61. The first kappa shape index (κ1) is 11.3. The van der Waals surface area contributed by atoms with Crippen molar-refractivity contribution in [2.24, 2.45) is 0 Å². The molecule has 1 aliphatic rings.